The van der Waals surface area contributed by atoms with E-state index in [1.807, 2.05) is 50.2 Å². The average molecular weight is 349 g/mol. The molecule has 0 saturated heterocycles. The highest BCUT2D eigenvalue weighted by Gasteiger charge is 2.17. The molecule has 0 heterocycles. The molecule has 5 heteroatoms. The van der Waals surface area contributed by atoms with Crippen molar-refractivity contribution in [1.82, 2.24) is 0 Å². The van der Waals surface area contributed by atoms with Crippen LogP contribution in [0, 0.1) is 12.8 Å². The third-order valence-electron chi connectivity index (χ3n) is 3.79. The van der Waals surface area contributed by atoms with Gasteiger partial charge in [-0.25, -0.2) is 0 Å². The minimum absolute atomic E-state index is 0. The Morgan fingerprint density at radius 2 is 1.88 bits per heavy atom. The van der Waals surface area contributed by atoms with Gasteiger partial charge in [0.25, 0.3) is 0 Å². The summed E-state index contributed by atoms with van der Waals surface area (Å²) in [4.78, 5) is 12.1. The molecule has 1 amide bonds. The second kappa shape index (κ2) is 9.30. The number of benzene rings is 2. The molecule has 0 radical (unpaired) electrons. The van der Waals surface area contributed by atoms with Crippen molar-refractivity contribution in [3.63, 3.8) is 0 Å². The molecule has 0 saturated carbocycles. The average Bonchev–Trinajstić information content (AvgIpc) is 2.52. The molecule has 0 aliphatic heterocycles. The number of ether oxygens (including phenoxy) is 1. The molecule has 2 atom stereocenters. The van der Waals surface area contributed by atoms with Crippen LogP contribution in [0.2, 0.25) is 0 Å². The molecule has 2 unspecified atom stereocenters. The van der Waals surface area contributed by atoms with Gasteiger partial charge in [0, 0.05) is 17.8 Å². The fourth-order valence-electron chi connectivity index (χ4n) is 2.13. The molecule has 0 aliphatic carbocycles. The van der Waals surface area contributed by atoms with Crippen LogP contribution in [-0.4, -0.2) is 11.9 Å². The quantitative estimate of drug-likeness (QED) is 0.831. The molecule has 3 N–H and O–H groups in total. The summed E-state index contributed by atoms with van der Waals surface area (Å²) in [6, 6.07) is 15.4. The zero-order chi connectivity index (χ0) is 16.8. The lowest BCUT2D eigenvalue weighted by atomic mass is 10.0. The Balaban J connectivity index is 0.00000288. The maximum Gasteiger partial charge on any atom is 0.228 e. The summed E-state index contributed by atoms with van der Waals surface area (Å²) >= 11 is 0. The first-order valence-electron chi connectivity index (χ1n) is 7.80. The van der Waals surface area contributed by atoms with Crippen LogP contribution in [0.3, 0.4) is 0 Å². The Kier molecular flexibility index (Phi) is 7.75. The van der Waals surface area contributed by atoms with E-state index in [-0.39, 0.29) is 30.3 Å². The molecule has 0 spiro atoms. The van der Waals surface area contributed by atoms with E-state index >= 15 is 0 Å². The van der Waals surface area contributed by atoms with Crippen LogP contribution < -0.4 is 15.8 Å². The van der Waals surface area contributed by atoms with Crippen molar-refractivity contribution in [2.75, 3.05) is 5.32 Å². The zero-order valence-corrected chi connectivity index (χ0v) is 15.1. The lowest BCUT2D eigenvalue weighted by molar-refractivity contribution is -0.119. The standard InChI is InChI=1S/C19H24N2O2.ClH/c1-13-6-4-7-16(10-13)12-23-18-9-5-8-17(11-18)21-19(22)14(2)15(3)20;/h4-11,14-15H,12,20H2,1-3H3,(H,21,22);1H. The van der Waals surface area contributed by atoms with Gasteiger partial charge in [-0.15, -0.1) is 12.4 Å². The number of amides is 1. The number of halogens is 1. The maximum atomic E-state index is 12.1. The normalized spacial score (nSPS) is 12.7. The summed E-state index contributed by atoms with van der Waals surface area (Å²) in [6.45, 7) is 6.19. The highest BCUT2D eigenvalue weighted by molar-refractivity contribution is 5.92. The van der Waals surface area contributed by atoms with Gasteiger partial charge in [-0.05, 0) is 31.5 Å². The zero-order valence-electron chi connectivity index (χ0n) is 14.3. The molecule has 4 nitrogen and oxygen atoms in total. The van der Waals surface area contributed by atoms with Crippen molar-refractivity contribution in [3.05, 3.63) is 59.7 Å². The monoisotopic (exact) mass is 348 g/mol. The van der Waals surface area contributed by atoms with Crippen molar-refractivity contribution in [2.45, 2.75) is 33.4 Å². The van der Waals surface area contributed by atoms with Crippen molar-refractivity contribution in [1.29, 1.82) is 0 Å². The predicted molar refractivity (Wildman–Crippen MR) is 101 cm³/mol. The first kappa shape index (κ1) is 20.0. The van der Waals surface area contributed by atoms with Crippen LogP contribution in [0.1, 0.15) is 25.0 Å². The summed E-state index contributed by atoms with van der Waals surface area (Å²) in [6.07, 6.45) is 0. The number of aryl methyl sites for hydroxylation is 1. The fourth-order valence-corrected chi connectivity index (χ4v) is 2.13. The number of anilines is 1. The van der Waals surface area contributed by atoms with E-state index in [0.717, 1.165) is 11.3 Å². The topological polar surface area (TPSA) is 64.3 Å². The van der Waals surface area contributed by atoms with E-state index in [1.54, 1.807) is 0 Å². The van der Waals surface area contributed by atoms with Crippen LogP contribution in [0.5, 0.6) is 5.75 Å². The van der Waals surface area contributed by atoms with Gasteiger partial charge >= 0.3 is 0 Å². The number of hydrogen-bond acceptors (Lipinski definition) is 3. The molecular weight excluding hydrogens is 324 g/mol. The Labute approximate surface area is 149 Å². The molecule has 2 aromatic rings. The predicted octanol–water partition coefficient (Wildman–Crippen LogP) is 3.92. The largest absolute Gasteiger partial charge is 0.489 e. The third-order valence-corrected chi connectivity index (χ3v) is 3.79. The van der Waals surface area contributed by atoms with Gasteiger partial charge < -0.3 is 15.8 Å². The number of carbonyl (C=O) groups is 1. The maximum absolute atomic E-state index is 12.1. The van der Waals surface area contributed by atoms with Crippen LogP contribution in [0.25, 0.3) is 0 Å². The smallest absolute Gasteiger partial charge is 0.228 e. The first-order valence-corrected chi connectivity index (χ1v) is 7.80. The van der Waals surface area contributed by atoms with E-state index in [2.05, 4.69) is 24.4 Å². The van der Waals surface area contributed by atoms with Gasteiger partial charge in [0.15, 0.2) is 0 Å². The molecular formula is C19H25ClN2O2. The van der Waals surface area contributed by atoms with Gasteiger partial charge in [-0.3, -0.25) is 4.79 Å². The van der Waals surface area contributed by atoms with Crippen molar-refractivity contribution >= 4 is 24.0 Å². The third kappa shape index (κ3) is 5.87. The fraction of sp³-hybridized carbons (Fsp3) is 0.316. The molecule has 0 aliphatic rings. The summed E-state index contributed by atoms with van der Waals surface area (Å²) in [5, 5.41) is 2.87. The number of rotatable bonds is 6. The first-order chi connectivity index (χ1) is 11.0. The van der Waals surface area contributed by atoms with E-state index in [4.69, 9.17) is 10.5 Å². The summed E-state index contributed by atoms with van der Waals surface area (Å²) in [7, 11) is 0. The van der Waals surface area contributed by atoms with Gasteiger partial charge in [0.05, 0.1) is 5.92 Å². The Hall–Kier alpha value is -2.04. The number of carbonyl (C=O) groups excluding carboxylic acids is 1. The lowest BCUT2D eigenvalue weighted by Gasteiger charge is -2.16. The number of nitrogens with one attached hydrogen (secondary N) is 1. The van der Waals surface area contributed by atoms with Gasteiger partial charge in [0.1, 0.15) is 12.4 Å². The number of nitrogens with two attached hydrogens (primary N) is 1. The van der Waals surface area contributed by atoms with Crippen LogP contribution >= 0.6 is 12.4 Å². The molecule has 24 heavy (non-hydrogen) atoms. The van der Waals surface area contributed by atoms with E-state index < -0.39 is 0 Å². The summed E-state index contributed by atoms with van der Waals surface area (Å²) < 4.78 is 5.80. The van der Waals surface area contributed by atoms with E-state index in [0.29, 0.717) is 12.3 Å². The van der Waals surface area contributed by atoms with E-state index in [9.17, 15) is 4.79 Å². The Bertz CT molecular complexity index is 674. The minimum Gasteiger partial charge on any atom is -0.489 e. The van der Waals surface area contributed by atoms with Crippen LogP contribution in [0.4, 0.5) is 5.69 Å². The summed E-state index contributed by atoms with van der Waals surface area (Å²) in [5.41, 5.74) is 8.79. The number of hydrogen-bond donors (Lipinski definition) is 2. The molecule has 0 aromatic heterocycles. The van der Waals surface area contributed by atoms with Gasteiger partial charge in [0.2, 0.25) is 5.91 Å². The molecule has 130 valence electrons. The molecule has 2 rings (SSSR count). The van der Waals surface area contributed by atoms with Crippen LogP contribution in [0.15, 0.2) is 48.5 Å². The molecule has 0 bridgehead atoms. The van der Waals surface area contributed by atoms with Crippen molar-refractivity contribution in [3.8, 4) is 5.75 Å². The Morgan fingerprint density at radius 1 is 1.17 bits per heavy atom. The second-order valence-electron chi connectivity index (χ2n) is 5.94. The second-order valence-corrected chi connectivity index (χ2v) is 5.94. The van der Waals surface area contributed by atoms with Crippen LogP contribution in [-0.2, 0) is 11.4 Å². The molecule has 2 aromatic carbocycles. The lowest BCUT2D eigenvalue weighted by Crippen LogP contribution is -2.34. The van der Waals surface area contributed by atoms with Gasteiger partial charge in [-0.1, -0.05) is 42.8 Å². The highest BCUT2D eigenvalue weighted by atomic mass is 35.5. The summed E-state index contributed by atoms with van der Waals surface area (Å²) in [5.74, 6) is 0.389. The van der Waals surface area contributed by atoms with Gasteiger partial charge in [-0.2, -0.15) is 0 Å². The van der Waals surface area contributed by atoms with E-state index in [1.165, 1.54) is 5.56 Å². The van der Waals surface area contributed by atoms with Crippen molar-refractivity contribution < 1.29 is 9.53 Å². The minimum atomic E-state index is -0.244. The van der Waals surface area contributed by atoms with Crippen molar-refractivity contribution in [2.24, 2.45) is 11.7 Å². The highest BCUT2D eigenvalue weighted by Crippen LogP contribution is 2.19. The Morgan fingerprint density at radius 3 is 2.54 bits per heavy atom. The SMILES string of the molecule is Cc1cccc(COc2cccc(NC(=O)C(C)C(C)N)c2)c1.Cl. The molecule has 0 fully saturated rings.